The minimum absolute atomic E-state index is 0.0539. The molecular formula is C13H12F3N3O2. The highest BCUT2D eigenvalue weighted by molar-refractivity contribution is 5.42. The van der Waals surface area contributed by atoms with Gasteiger partial charge in [0.15, 0.2) is 11.5 Å². The molecule has 0 amide bonds. The van der Waals surface area contributed by atoms with Crippen LogP contribution in [0.15, 0.2) is 30.5 Å². The molecule has 5 nitrogen and oxygen atoms in total. The summed E-state index contributed by atoms with van der Waals surface area (Å²) in [6, 6.07) is 5.46. The lowest BCUT2D eigenvalue weighted by molar-refractivity contribution is -0.141. The van der Waals surface area contributed by atoms with E-state index in [0.29, 0.717) is 11.3 Å². The van der Waals surface area contributed by atoms with Crippen molar-refractivity contribution in [2.24, 2.45) is 0 Å². The zero-order valence-corrected chi connectivity index (χ0v) is 11.0. The summed E-state index contributed by atoms with van der Waals surface area (Å²) in [5.41, 5.74) is -0.369. The first-order valence-corrected chi connectivity index (χ1v) is 5.90. The standard InChI is InChI=1S/C13H12F3N3O2/c1-21-10-3-2-8(6-9(10)20)7-18-12-17-5-4-11(19-12)13(14,15)16/h2-6,20H,7H2,1H3,(H,17,18,19). The number of hydrogen-bond acceptors (Lipinski definition) is 5. The number of halogens is 3. The first-order valence-electron chi connectivity index (χ1n) is 5.90. The molecular weight excluding hydrogens is 287 g/mol. The molecule has 21 heavy (non-hydrogen) atoms. The zero-order valence-electron chi connectivity index (χ0n) is 11.0. The highest BCUT2D eigenvalue weighted by Crippen LogP contribution is 2.28. The Morgan fingerprint density at radius 1 is 1.29 bits per heavy atom. The van der Waals surface area contributed by atoms with Crippen LogP contribution in [-0.2, 0) is 12.7 Å². The maximum atomic E-state index is 12.5. The predicted molar refractivity (Wildman–Crippen MR) is 69.0 cm³/mol. The lowest BCUT2D eigenvalue weighted by Crippen LogP contribution is -2.11. The number of phenolic OH excluding ortho intramolecular Hbond substituents is 1. The van der Waals surface area contributed by atoms with E-state index in [2.05, 4.69) is 15.3 Å². The van der Waals surface area contributed by atoms with Gasteiger partial charge in [-0.15, -0.1) is 0 Å². The number of nitrogens with one attached hydrogen (secondary N) is 1. The second kappa shape index (κ2) is 5.86. The highest BCUT2D eigenvalue weighted by Gasteiger charge is 2.32. The van der Waals surface area contributed by atoms with Gasteiger partial charge in [0.2, 0.25) is 5.95 Å². The first kappa shape index (κ1) is 14.9. The van der Waals surface area contributed by atoms with E-state index in [1.807, 2.05) is 0 Å². The quantitative estimate of drug-likeness (QED) is 0.908. The van der Waals surface area contributed by atoms with Gasteiger partial charge >= 0.3 is 6.18 Å². The average molecular weight is 299 g/mol. The van der Waals surface area contributed by atoms with E-state index in [4.69, 9.17) is 4.74 Å². The van der Waals surface area contributed by atoms with Crippen molar-refractivity contribution in [1.82, 2.24) is 9.97 Å². The summed E-state index contributed by atoms with van der Waals surface area (Å²) in [4.78, 5) is 7.10. The first-order chi connectivity index (χ1) is 9.90. The van der Waals surface area contributed by atoms with Crippen LogP contribution in [0.5, 0.6) is 11.5 Å². The summed E-state index contributed by atoms with van der Waals surface area (Å²) in [5.74, 6) is 0.121. The molecule has 0 aliphatic heterocycles. The SMILES string of the molecule is COc1ccc(CNc2nccc(C(F)(F)F)n2)cc1O. The fraction of sp³-hybridized carbons (Fsp3) is 0.231. The number of phenols is 1. The Morgan fingerprint density at radius 2 is 2.05 bits per heavy atom. The van der Waals surface area contributed by atoms with Crippen LogP contribution in [0.25, 0.3) is 0 Å². The minimum Gasteiger partial charge on any atom is -0.504 e. The van der Waals surface area contributed by atoms with Gasteiger partial charge in [-0.3, -0.25) is 0 Å². The average Bonchev–Trinajstić information content (AvgIpc) is 2.45. The molecule has 0 unspecified atom stereocenters. The van der Waals surface area contributed by atoms with Crippen molar-refractivity contribution in [2.75, 3.05) is 12.4 Å². The van der Waals surface area contributed by atoms with Crippen LogP contribution >= 0.6 is 0 Å². The Morgan fingerprint density at radius 3 is 2.67 bits per heavy atom. The Balaban J connectivity index is 2.08. The van der Waals surface area contributed by atoms with Crippen molar-refractivity contribution < 1.29 is 23.0 Å². The van der Waals surface area contributed by atoms with Crippen LogP contribution < -0.4 is 10.1 Å². The molecule has 112 valence electrons. The van der Waals surface area contributed by atoms with Gasteiger partial charge in [0.25, 0.3) is 0 Å². The molecule has 0 atom stereocenters. The molecule has 0 saturated heterocycles. The molecule has 2 N–H and O–H groups in total. The second-order valence-corrected chi connectivity index (χ2v) is 4.12. The second-order valence-electron chi connectivity index (χ2n) is 4.12. The molecule has 0 fully saturated rings. The molecule has 1 aromatic carbocycles. The topological polar surface area (TPSA) is 67.3 Å². The van der Waals surface area contributed by atoms with Crippen LogP contribution in [-0.4, -0.2) is 22.2 Å². The van der Waals surface area contributed by atoms with Gasteiger partial charge in [0, 0.05) is 12.7 Å². The summed E-state index contributed by atoms with van der Waals surface area (Å²) >= 11 is 0. The molecule has 1 heterocycles. The van der Waals surface area contributed by atoms with Gasteiger partial charge in [-0.05, 0) is 23.8 Å². The number of aromatic nitrogens is 2. The third-order valence-electron chi connectivity index (χ3n) is 2.64. The number of alkyl halides is 3. The fourth-order valence-corrected chi connectivity index (χ4v) is 1.63. The summed E-state index contributed by atoms with van der Waals surface area (Å²) in [6.45, 7) is 0.166. The maximum absolute atomic E-state index is 12.5. The third-order valence-corrected chi connectivity index (χ3v) is 2.64. The van der Waals surface area contributed by atoms with Gasteiger partial charge in [-0.25, -0.2) is 9.97 Å². The molecule has 0 spiro atoms. The number of methoxy groups -OCH3 is 1. The predicted octanol–water partition coefficient (Wildman–Crippen LogP) is 2.82. The minimum atomic E-state index is -4.52. The molecule has 2 rings (SSSR count). The molecule has 2 aromatic rings. The molecule has 0 bridgehead atoms. The normalized spacial score (nSPS) is 11.2. The highest BCUT2D eigenvalue weighted by atomic mass is 19.4. The van der Waals surface area contributed by atoms with Gasteiger partial charge in [0.1, 0.15) is 5.69 Å². The lowest BCUT2D eigenvalue weighted by Gasteiger charge is -2.09. The number of ether oxygens (including phenoxy) is 1. The Hall–Kier alpha value is -2.51. The smallest absolute Gasteiger partial charge is 0.433 e. The van der Waals surface area contributed by atoms with E-state index in [0.717, 1.165) is 12.3 Å². The molecule has 0 aliphatic carbocycles. The van der Waals surface area contributed by atoms with Crippen LogP contribution in [0.1, 0.15) is 11.3 Å². The number of anilines is 1. The third kappa shape index (κ3) is 3.74. The van der Waals surface area contributed by atoms with E-state index in [1.165, 1.54) is 13.2 Å². The molecule has 0 radical (unpaired) electrons. The number of nitrogens with zero attached hydrogens (tertiary/aromatic N) is 2. The van der Waals surface area contributed by atoms with E-state index in [9.17, 15) is 18.3 Å². The Kier molecular flexibility index (Phi) is 4.15. The summed E-state index contributed by atoms with van der Waals surface area (Å²) in [7, 11) is 1.42. The van der Waals surface area contributed by atoms with Crippen LogP contribution in [0, 0.1) is 0 Å². The number of hydrogen-bond donors (Lipinski definition) is 2. The van der Waals surface area contributed by atoms with Gasteiger partial charge in [-0.1, -0.05) is 6.07 Å². The number of rotatable bonds is 4. The van der Waals surface area contributed by atoms with Gasteiger partial charge in [0.05, 0.1) is 7.11 Å². The fourth-order valence-electron chi connectivity index (χ4n) is 1.63. The Bertz CT molecular complexity index is 632. The number of benzene rings is 1. The monoisotopic (exact) mass is 299 g/mol. The summed E-state index contributed by atoms with van der Waals surface area (Å²) < 4.78 is 42.4. The Labute approximate surface area is 118 Å². The van der Waals surface area contributed by atoms with Crippen LogP contribution in [0.4, 0.5) is 19.1 Å². The molecule has 8 heteroatoms. The van der Waals surface area contributed by atoms with E-state index >= 15 is 0 Å². The molecule has 1 aromatic heterocycles. The largest absolute Gasteiger partial charge is 0.504 e. The van der Waals surface area contributed by atoms with Crippen molar-refractivity contribution in [1.29, 1.82) is 0 Å². The van der Waals surface area contributed by atoms with Crippen molar-refractivity contribution >= 4 is 5.95 Å². The summed E-state index contributed by atoms with van der Waals surface area (Å²) in [6.07, 6.45) is -3.48. The summed E-state index contributed by atoms with van der Waals surface area (Å²) in [5, 5.41) is 12.3. The van der Waals surface area contributed by atoms with Crippen molar-refractivity contribution in [3.63, 3.8) is 0 Å². The van der Waals surface area contributed by atoms with E-state index < -0.39 is 11.9 Å². The lowest BCUT2D eigenvalue weighted by atomic mass is 10.2. The van der Waals surface area contributed by atoms with Crippen LogP contribution in [0.2, 0.25) is 0 Å². The van der Waals surface area contributed by atoms with E-state index in [-0.39, 0.29) is 18.2 Å². The van der Waals surface area contributed by atoms with Crippen molar-refractivity contribution in [2.45, 2.75) is 12.7 Å². The number of aromatic hydroxyl groups is 1. The van der Waals surface area contributed by atoms with Crippen molar-refractivity contribution in [3.8, 4) is 11.5 Å². The van der Waals surface area contributed by atoms with Crippen molar-refractivity contribution in [3.05, 3.63) is 41.7 Å². The molecule has 0 aliphatic rings. The molecule has 0 saturated carbocycles. The van der Waals surface area contributed by atoms with Gasteiger partial charge in [-0.2, -0.15) is 13.2 Å². The zero-order chi connectivity index (χ0) is 15.5. The van der Waals surface area contributed by atoms with Crippen LogP contribution in [0.3, 0.4) is 0 Å². The van der Waals surface area contributed by atoms with Gasteiger partial charge < -0.3 is 15.2 Å². The maximum Gasteiger partial charge on any atom is 0.433 e. The van der Waals surface area contributed by atoms with E-state index in [1.54, 1.807) is 12.1 Å².